The van der Waals surface area contributed by atoms with Gasteiger partial charge in [0, 0.05) is 0 Å². The fourth-order valence-electron chi connectivity index (χ4n) is 3.83. The Bertz CT molecular complexity index is 835. The van der Waals surface area contributed by atoms with Gasteiger partial charge in [0.25, 0.3) is 0 Å². The zero-order valence-corrected chi connectivity index (χ0v) is 16.5. The van der Waals surface area contributed by atoms with Crippen molar-refractivity contribution >= 4 is 15.4 Å². The Morgan fingerprint density at radius 2 is 1.00 bits per heavy atom. The van der Waals surface area contributed by atoms with Crippen molar-refractivity contribution < 1.29 is 9.32 Å². The van der Waals surface area contributed by atoms with E-state index in [9.17, 15) is 4.79 Å². The maximum absolute atomic E-state index is 13.4. The molecule has 0 radical (unpaired) electrons. The summed E-state index contributed by atoms with van der Waals surface area (Å²) in [5.41, 5.74) is 4.95. The van der Waals surface area contributed by atoms with E-state index in [0.717, 1.165) is 33.4 Å². The SMILES string of the molecule is Cc1ccccc1C(C(=O)OP)(c1ccccc1C)c1ccccc1C. The highest BCUT2D eigenvalue weighted by atomic mass is 31.0. The van der Waals surface area contributed by atoms with Crippen molar-refractivity contribution in [3.05, 3.63) is 106 Å². The van der Waals surface area contributed by atoms with Crippen molar-refractivity contribution in [3.63, 3.8) is 0 Å². The van der Waals surface area contributed by atoms with E-state index in [0.29, 0.717) is 0 Å². The predicted molar refractivity (Wildman–Crippen MR) is 109 cm³/mol. The Hall–Kier alpha value is -2.44. The van der Waals surface area contributed by atoms with Crippen LogP contribution in [0.2, 0.25) is 0 Å². The van der Waals surface area contributed by atoms with Gasteiger partial charge < -0.3 is 4.52 Å². The number of hydrogen-bond acceptors (Lipinski definition) is 2. The number of hydrogen-bond donors (Lipinski definition) is 0. The highest BCUT2D eigenvalue weighted by Gasteiger charge is 2.47. The Labute approximate surface area is 157 Å². The van der Waals surface area contributed by atoms with Crippen LogP contribution < -0.4 is 0 Å². The first kappa shape index (κ1) is 18.4. The van der Waals surface area contributed by atoms with Gasteiger partial charge in [-0.05, 0) is 54.2 Å². The molecule has 2 nitrogen and oxygen atoms in total. The van der Waals surface area contributed by atoms with Crippen LogP contribution in [0, 0.1) is 20.8 Å². The summed E-state index contributed by atoms with van der Waals surface area (Å²) in [4.78, 5) is 13.4. The summed E-state index contributed by atoms with van der Waals surface area (Å²) in [5.74, 6) is -0.305. The Morgan fingerprint density at radius 3 is 1.27 bits per heavy atom. The van der Waals surface area contributed by atoms with Crippen LogP contribution in [0.25, 0.3) is 0 Å². The minimum atomic E-state index is -1.02. The second-order valence-corrected chi connectivity index (χ2v) is 6.84. The highest BCUT2D eigenvalue weighted by molar-refractivity contribution is 7.10. The zero-order valence-electron chi connectivity index (χ0n) is 15.3. The summed E-state index contributed by atoms with van der Waals surface area (Å²) in [6, 6.07) is 24.1. The van der Waals surface area contributed by atoms with Gasteiger partial charge in [-0.1, -0.05) is 72.8 Å². The molecule has 0 heterocycles. The lowest BCUT2D eigenvalue weighted by Gasteiger charge is -2.36. The maximum Gasteiger partial charge on any atom is 0.327 e. The Balaban J connectivity index is 2.53. The molecule has 0 aromatic heterocycles. The molecule has 0 aliphatic heterocycles. The zero-order chi connectivity index (χ0) is 18.7. The molecule has 3 rings (SSSR count). The van der Waals surface area contributed by atoms with Crippen LogP contribution in [0.15, 0.2) is 72.8 Å². The lowest BCUT2D eigenvalue weighted by atomic mass is 9.66. The lowest BCUT2D eigenvalue weighted by molar-refractivity contribution is -0.136. The van der Waals surface area contributed by atoms with Gasteiger partial charge in [0.2, 0.25) is 0 Å². The average Bonchev–Trinajstić information content (AvgIpc) is 2.65. The second-order valence-electron chi connectivity index (χ2n) is 6.60. The van der Waals surface area contributed by atoms with E-state index < -0.39 is 5.41 Å². The van der Waals surface area contributed by atoms with Gasteiger partial charge in [0.05, 0.1) is 9.47 Å². The molecular formula is C23H23O2P. The molecule has 0 spiro atoms. The fourth-order valence-corrected chi connectivity index (χ4v) is 4.01. The number of carbonyl (C=O) groups excluding carboxylic acids is 1. The van der Waals surface area contributed by atoms with Crippen molar-refractivity contribution in [2.45, 2.75) is 26.2 Å². The van der Waals surface area contributed by atoms with Crippen LogP contribution in [-0.4, -0.2) is 5.97 Å². The first-order chi connectivity index (χ1) is 12.5. The molecule has 1 atom stereocenters. The van der Waals surface area contributed by atoms with Crippen molar-refractivity contribution in [1.29, 1.82) is 0 Å². The summed E-state index contributed by atoms with van der Waals surface area (Å²) < 4.78 is 5.32. The molecule has 0 saturated heterocycles. The molecule has 0 amide bonds. The molecule has 3 aromatic carbocycles. The number of rotatable bonds is 4. The fraction of sp³-hybridized carbons (Fsp3) is 0.174. The molecular weight excluding hydrogens is 339 g/mol. The molecule has 0 N–H and O–H groups in total. The second kappa shape index (κ2) is 7.43. The monoisotopic (exact) mass is 362 g/mol. The van der Waals surface area contributed by atoms with Crippen LogP contribution in [0.5, 0.6) is 0 Å². The van der Waals surface area contributed by atoms with Crippen molar-refractivity contribution in [3.8, 4) is 0 Å². The minimum absolute atomic E-state index is 0.305. The Morgan fingerprint density at radius 1 is 0.692 bits per heavy atom. The van der Waals surface area contributed by atoms with E-state index in [1.807, 2.05) is 93.6 Å². The van der Waals surface area contributed by atoms with Crippen LogP contribution in [0.3, 0.4) is 0 Å². The Kier molecular flexibility index (Phi) is 5.25. The van der Waals surface area contributed by atoms with Gasteiger partial charge in [0.15, 0.2) is 0 Å². The summed E-state index contributed by atoms with van der Waals surface area (Å²) in [7, 11) is 2.13. The molecule has 3 aromatic rings. The summed E-state index contributed by atoms with van der Waals surface area (Å²) in [6.07, 6.45) is 0. The summed E-state index contributed by atoms with van der Waals surface area (Å²) in [5, 5.41) is 0. The molecule has 132 valence electrons. The first-order valence-corrected chi connectivity index (χ1v) is 9.10. The normalized spacial score (nSPS) is 11.2. The quantitative estimate of drug-likeness (QED) is 0.466. The molecule has 1 unspecified atom stereocenters. The van der Waals surface area contributed by atoms with Crippen LogP contribution >= 0.6 is 9.47 Å². The van der Waals surface area contributed by atoms with Gasteiger partial charge in [0.1, 0.15) is 5.41 Å². The molecule has 0 aliphatic rings. The topological polar surface area (TPSA) is 26.3 Å². The first-order valence-electron chi connectivity index (χ1n) is 8.63. The van der Waals surface area contributed by atoms with Crippen molar-refractivity contribution in [1.82, 2.24) is 0 Å². The largest absolute Gasteiger partial charge is 0.450 e. The number of carbonyl (C=O) groups is 1. The predicted octanol–water partition coefficient (Wildman–Crippen LogP) is 5.28. The van der Waals surface area contributed by atoms with Gasteiger partial charge in [-0.15, -0.1) is 0 Å². The van der Waals surface area contributed by atoms with Crippen molar-refractivity contribution in [2.24, 2.45) is 0 Å². The van der Waals surface area contributed by atoms with E-state index in [1.165, 1.54) is 0 Å². The van der Waals surface area contributed by atoms with Crippen LogP contribution in [0.1, 0.15) is 33.4 Å². The summed E-state index contributed by atoms with van der Waals surface area (Å²) >= 11 is 0. The maximum atomic E-state index is 13.4. The van der Waals surface area contributed by atoms with Gasteiger partial charge in [-0.3, -0.25) is 4.79 Å². The molecule has 3 heteroatoms. The van der Waals surface area contributed by atoms with Gasteiger partial charge in [-0.2, -0.15) is 0 Å². The summed E-state index contributed by atoms with van der Waals surface area (Å²) in [6.45, 7) is 6.12. The van der Waals surface area contributed by atoms with E-state index >= 15 is 0 Å². The molecule has 0 fully saturated rings. The lowest BCUT2D eigenvalue weighted by Crippen LogP contribution is -2.40. The molecule has 0 saturated carbocycles. The minimum Gasteiger partial charge on any atom is -0.450 e. The third-order valence-corrected chi connectivity index (χ3v) is 5.27. The van der Waals surface area contributed by atoms with E-state index in [2.05, 4.69) is 9.47 Å². The number of aryl methyl sites for hydroxylation is 3. The van der Waals surface area contributed by atoms with Crippen molar-refractivity contribution in [2.75, 3.05) is 0 Å². The highest BCUT2D eigenvalue weighted by Crippen LogP contribution is 2.44. The third-order valence-electron chi connectivity index (χ3n) is 5.06. The number of benzene rings is 3. The van der Waals surface area contributed by atoms with E-state index in [-0.39, 0.29) is 5.97 Å². The van der Waals surface area contributed by atoms with Gasteiger partial charge >= 0.3 is 5.97 Å². The van der Waals surface area contributed by atoms with Gasteiger partial charge in [-0.25, -0.2) is 0 Å². The van der Waals surface area contributed by atoms with Crippen LogP contribution in [-0.2, 0) is 14.7 Å². The smallest absolute Gasteiger partial charge is 0.327 e. The van der Waals surface area contributed by atoms with Crippen LogP contribution in [0.4, 0.5) is 0 Å². The standard InChI is InChI=1S/C23H23O2P/c1-16-10-4-7-13-19(16)23(22(24)25-26,20-14-8-5-11-17(20)2)21-15-9-6-12-18(21)3/h4-15H,26H2,1-3H3. The third kappa shape index (κ3) is 2.85. The van der Waals surface area contributed by atoms with E-state index in [1.54, 1.807) is 0 Å². The molecule has 0 aliphatic carbocycles. The molecule has 26 heavy (non-hydrogen) atoms. The van der Waals surface area contributed by atoms with E-state index in [4.69, 9.17) is 4.52 Å². The molecule has 0 bridgehead atoms. The average molecular weight is 362 g/mol.